The average Bonchev–Trinajstić information content (AvgIpc) is 3.59. The van der Waals surface area contributed by atoms with Crippen LogP contribution in [0, 0.1) is 0 Å². The Bertz CT molecular complexity index is 2350. The van der Waals surface area contributed by atoms with Crippen LogP contribution in [0.2, 0.25) is 0 Å². The molecule has 4 aliphatic rings. The summed E-state index contributed by atoms with van der Waals surface area (Å²) in [5, 5.41) is 39.3. The summed E-state index contributed by atoms with van der Waals surface area (Å²) in [5.74, 6) is 0.817. The number of esters is 2. The molecule has 0 atom stereocenters. The molecular formula is C40H28NO13P. The van der Waals surface area contributed by atoms with Gasteiger partial charge in [-0.05, 0) is 60.7 Å². The molecule has 8 N–H and O–H groups in total. The number of carbonyl (C=O) groups is 2. The first-order valence-electron chi connectivity index (χ1n) is 16.4. The molecule has 14 nitrogen and oxygen atoms in total. The van der Waals surface area contributed by atoms with Crippen molar-refractivity contribution >= 4 is 19.7 Å². The summed E-state index contributed by atoms with van der Waals surface area (Å²) in [6.45, 7) is 0. The molecule has 4 heterocycles. The Hall–Kier alpha value is -6.83. The molecule has 0 bridgehead atoms. The van der Waals surface area contributed by atoms with Gasteiger partial charge >= 0.3 is 19.7 Å². The van der Waals surface area contributed by atoms with Gasteiger partial charge in [0.15, 0.2) is 11.2 Å². The van der Waals surface area contributed by atoms with Crippen molar-refractivity contribution in [3.05, 3.63) is 166 Å². The molecule has 6 aromatic carbocycles. The second-order valence-corrected chi connectivity index (χ2v) is 13.9. The van der Waals surface area contributed by atoms with Crippen molar-refractivity contribution in [3.8, 4) is 46.0 Å². The van der Waals surface area contributed by atoms with Gasteiger partial charge in [-0.2, -0.15) is 0 Å². The van der Waals surface area contributed by atoms with Crippen molar-refractivity contribution in [1.82, 2.24) is 0 Å². The number of phenols is 4. The Kier molecular flexibility index (Phi) is 8.10. The van der Waals surface area contributed by atoms with Crippen molar-refractivity contribution in [1.29, 1.82) is 0 Å². The molecule has 6 aromatic rings. The van der Waals surface area contributed by atoms with E-state index < -0.39 is 30.9 Å². The van der Waals surface area contributed by atoms with Crippen LogP contribution >= 0.6 is 7.75 Å². The molecule has 0 amide bonds. The van der Waals surface area contributed by atoms with Gasteiger partial charge in [0, 0.05) is 57.6 Å². The highest BCUT2D eigenvalue weighted by atomic mass is 31.2. The van der Waals surface area contributed by atoms with E-state index in [1.54, 1.807) is 48.5 Å². The maximum atomic E-state index is 12.5. The number of rotatable bonds is 0. The fraction of sp³-hybridized carbons (Fsp3) is 0.0500. The van der Waals surface area contributed by atoms with Crippen molar-refractivity contribution in [3.63, 3.8) is 0 Å². The number of fused-ring (bicyclic) bond motifs is 12. The largest absolute Gasteiger partial charge is 0.508 e. The van der Waals surface area contributed by atoms with Gasteiger partial charge in [0.2, 0.25) is 0 Å². The standard InChI is InChI=1S/2C20H12O5.H4NO3P/c2*21-11-5-7-15-17(9-11)24-18-10-12(22)6-8-16(18)20(15)14-4-2-1-3-13(14)19(23)25-20;1-5(2,3)4/h2*1-10,21-22H;(H4,1,2,3,4). The van der Waals surface area contributed by atoms with E-state index in [0.717, 1.165) is 0 Å². The number of ether oxygens (including phenoxy) is 4. The molecular weight excluding hydrogens is 733 g/mol. The molecule has 0 saturated carbocycles. The van der Waals surface area contributed by atoms with Crippen LogP contribution in [0.4, 0.5) is 0 Å². The van der Waals surface area contributed by atoms with Crippen LogP contribution in [-0.4, -0.2) is 42.2 Å². The Morgan fingerprint density at radius 3 is 1.02 bits per heavy atom. The molecule has 0 saturated heterocycles. The quantitative estimate of drug-likeness (QED) is 0.0658. The number of phenolic OH excluding ortho intramolecular Hbond substituents is 4. The SMILES string of the molecule is NP(=O)(O)O.O=C1OC2(c3ccc(O)cc3Oc3cc(O)ccc32)c2ccccc21.O=C1OC2(c3ccc(O)cc3Oc3cc(O)ccc32)c2ccccc21. The summed E-state index contributed by atoms with van der Waals surface area (Å²) < 4.78 is 32.7. The highest BCUT2D eigenvalue weighted by Crippen LogP contribution is 2.58. The van der Waals surface area contributed by atoms with Gasteiger partial charge in [-0.3, -0.25) is 0 Å². The lowest BCUT2D eigenvalue weighted by Gasteiger charge is -2.36. The molecule has 0 radical (unpaired) electrons. The number of hydrogen-bond donors (Lipinski definition) is 7. The van der Waals surface area contributed by atoms with Crippen LogP contribution in [0.25, 0.3) is 0 Å². The molecule has 0 aliphatic carbocycles. The minimum atomic E-state index is -4.14. The first-order chi connectivity index (χ1) is 26.2. The van der Waals surface area contributed by atoms with Crippen LogP contribution in [0.5, 0.6) is 46.0 Å². The first-order valence-corrected chi connectivity index (χ1v) is 18.1. The van der Waals surface area contributed by atoms with Crippen LogP contribution in [0.1, 0.15) is 54.1 Å². The number of nitrogens with two attached hydrogens (primary N) is 1. The lowest BCUT2D eigenvalue weighted by atomic mass is 9.77. The summed E-state index contributed by atoms with van der Waals surface area (Å²) in [5.41, 5.74) is 6.59. The lowest BCUT2D eigenvalue weighted by Crippen LogP contribution is -2.32. The van der Waals surface area contributed by atoms with E-state index >= 15 is 0 Å². The van der Waals surface area contributed by atoms with E-state index in [1.807, 2.05) is 24.3 Å². The average molecular weight is 762 g/mol. The number of hydrogen-bond acceptors (Lipinski definition) is 11. The number of carbonyl (C=O) groups excluding carboxylic acids is 2. The fourth-order valence-electron chi connectivity index (χ4n) is 7.31. The highest BCUT2D eigenvalue weighted by Gasteiger charge is 2.55. The summed E-state index contributed by atoms with van der Waals surface area (Å²) in [6, 6.07) is 33.2. The maximum Gasteiger partial charge on any atom is 0.397 e. The van der Waals surface area contributed by atoms with Crippen LogP contribution < -0.4 is 15.0 Å². The van der Waals surface area contributed by atoms with Crippen LogP contribution in [0.15, 0.2) is 121 Å². The summed E-state index contributed by atoms with van der Waals surface area (Å²) in [4.78, 5) is 39.9. The first kappa shape index (κ1) is 35.2. The van der Waals surface area contributed by atoms with Crippen LogP contribution in [-0.2, 0) is 25.2 Å². The van der Waals surface area contributed by atoms with Crippen molar-refractivity contribution in [2.45, 2.75) is 11.2 Å². The second kappa shape index (κ2) is 12.6. The normalized spacial score (nSPS) is 15.4. The van der Waals surface area contributed by atoms with E-state index in [9.17, 15) is 30.0 Å². The van der Waals surface area contributed by atoms with Gasteiger partial charge in [0.05, 0.1) is 11.1 Å². The summed E-state index contributed by atoms with van der Waals surface area (Å²) >= 11 is 0. The van der Waals surface area contributed by atoms with E-state index in [1.165, 1.54) is 48.5 Å². The monoisotopic (exact) mass is 761 g/mol. The predicted octanol–water partition coefficient (Wildman–Crippen LogP) is 6.37. The maximum absolute atomic E-state index is 12.5. The van der Waals surface area contributed by atoms with Gasteiger partial charge in [-0.15, -0.1) is 0 Å². The lowest BCUT2D eigenvalue weighted by molar-refractivity contribution is 0.0214. The third-order valence-corrected chi connectivity index (χ3v) is 9.36. The van der Waals surface area contributed by atoms with E-state index in [4.69, 9.17) is 33.3 Å². The smallest absolute Gasteiger partial charge is 0.397 e. The van der Waals surface area contributed by atoms with Gasteiger partial charge in [-0.1, -0.05) is 36.4 Å². The molecule has 0 fully saturated rings. The molecule has 55 heavy (non-hydrogen) atoms. The van der Waals surface area contributed by atoms with Gasteiger partial charge in [0.25, 0.3) is 0 Å². The number of benzene rings is 6. The Balaban J connectivity index is 0.000000139. The van der Waals surface area contributed by atoms with Gasteiger partial charge in [-0.25, -0.2) is 19.7 Å². The topological polar surface area (TPSA) is 236 Å². The zero-order valence-corrected chi connectivity index (χ0v) is 29.0. The van der Waals surface area contributed by atoms with Crippen molar-refractivity contribution in [2.75, 3.05) is 0 Å². The summed E-state index contributed by atoms with van der Waals surface area (Å²) in [6.07, 6.45) is 0. The molecule has 4 aliphatic heterocycles. The Morgan fingerprint density at radius 2 is 0.727 bits per heavy atom. The van der Waals surface area contributed by atoms with Crippen molar-refractivity contribution in [2.24, 2.45) is 5.50 Å². The molecule has 2 spiro atoms. The predicted molar refractivity (Wildman–Crippen MR) is 192 cm³/mol. The molecule has 15 heteroatoms. The van der Waals surface area contributed by atoms with Gasteiger partial charge in [0.1, 0.15) is 46.0 Å². The van der Waals surface area contributed by atoms with E-state index in [-0.39, 0.29) is 23.0 Å². The number of aromatic hydroxyl groups is 4. The fourth-order valence-corrected chi connectivity index (χ4v) is 7.31. The van der Waals surface area contributed by atoms with E-state index in [2.05, 4.69) is 5.50 Å². The zero-order valence-electron chi connectivity index (χ0n) is 28.1. The Labute approximate surface area is 311 Å². The molecule has 0 aromatic heterocycles. The van der Waals surface area contributed by atoms with Crippen molar-refractivity contribution < 1.29 is 63.3 Å². The highest BCUT2D eigenvalue weighted by molar-refractivity contribution is 7.49. The van der Waals surface area contributed by atoms with E-state index in [0.29, 0.717) is 67.5 Å². The second-order valence-electron chi connectivity index (χ2n) is 12.7. The summed E-state index contributed by atoms with van der Waals surface area (Å²) in [7, 11) is -4.14. The van der Waals surface area contributed by atoms with Crippen LogP contribution in [0.3, 0.4) is 0 Å². The zero-order chi connectivity index (χ0) is 38.9. The molecule has 276 valence electrons. The minimum absolute atomic E-state index is 0.0371. The molecule has 0 unspecified atom stereocenters. The third-order valence-electron chi connectivity index (χ3n) is 9.36. The van der Waals surface area contributed by atoms with Gasteiger partial charge < -0.3 is 49.2 Å². The Morgan fingerprint density at radius 1 is 0.455 bits per heavy atom. The minimum Gasteiger partial charge on any atom is -0.508 e. The third kappa shape index (κ3) is 5.77. The molecule has 10 rings (SSSR count).